The van der Waals surface area contributed by atoms with Crippen molar-refractivity contribution in [2.24, 2.45) is 11.0 Å². The standard InChI is InChI=1S/C26H27N3O2/c1-4-23-24(17-10-19-8-13-21(30-2)14-9-19)28-29(25-7-5-6-18-27-25)26(23)20-11-15-22(31-3)16-12-20/h5-18,23,26H,4H2,1-3H3. The van der Waals surface area contributed by atoms with E-state index >= 15 is 0 Å². The Morgan fingerprint density at radius 2 is 1.55 bits per heavy atom. The summed E-state index contributed by atoms with van der Waals surface area (Å²) < 4.78 is 10.6. The molecule has 1 aliphatic heterocycles. The summed E-state index contributed by atoms with van der Waals surface area (Å²) >= 11 is 0. The van der Waals surface area contributed by atoms with Gasteiger partial charge < -0.3 is 9.47 Å². The number of methoxy groups -OCH3 is 2. The summed E-state index contributed by atoms with van der Waals surface area (Å²) in [5, 5.41) is 7.05. The molecule has 158 valence electrons. The highest BCUT2D eigenvalue weighted by atomic mass is 16.5. The maximum atomic E-state index is 5.35. The molecule has 1 aromatic heterocycles. The fraction of sp³-hybridized carbons (Fsp3) is 0.231. The third-order valence-corrected chi connectivity index (χ3v) is 5.59. The lowest BCUT2D eigenvalue weighted by Crippen LogP contribution is -2.25. The van der Waals surface area contributed by atoms with Crippen LogP contribution in [0.15, 0.2) is 84.1 Å². The molecule has 3 aromatic rings. The molecule has 0 saturated heterocycles. The molecular formula is C26H27N3O2. The van der Waals surface area contributed by atoms with Crippen LogP contribution >= 0.6 is 0 Å². The smallest absolute Gasteiger partial charge is 0.149 e. The lowest BCUT2D eigenvalue weighted by Gasteiger charge is -2.27. The van der Waals surface area contributed by atoms with E-state index in [1.54, 1.807) is 14.2 Å². The van der Waals surface area contributed by atoms with Crippen molar-refractivity contribution in [3.05, 3.63) is 90.1 Å². The molecular weight excluding hydrogens is 386 g/mol. The molecule has 2 unspecified atom stereocenters. The van der Waals surface area contributed by atoms with Crippen LogP contribution in [0.5, 0.6) is 11.5 Å². The zero-order chi connectivity index (χ0) is 21.6. The highest BCUT2D eigenvalue weighted by Gasteiger charge is 2.37. The Hall–Kier alpha value is -3.60. The number of hydrazone groups is 1. The number of ether oxygens (including phenoxy) is 2. The third kappa shape index (κ3) is 4.45. The highest BCUT2D eigenvalue weighted by Crippen LogP contribution is 2.40. The lowest BCUT2D eigenvalue weighted by atomic mass is 9.87. The summed E-state index contributed by atoms with van der Waals surface area (Å²) in [4.78, 5) is 4.57. The Morgan fingerprint density at radius 1 is 0.871 bits per heavy atom. The molecule has 5 heteroatoms. The molecule has 0 N–H and O–H groups in total. The summed E-state index contributed by atoms with van der Waals surface area (Å²) in [5.74, 6) is 2.78. The van der Waals surface area contributed by atoms with Gasteiger partial charge in [0, 0.05) is 12.1 Å². The summed E-state index contributed by atoms with van der Waals surface area (Å²) in [5.41, 5.74) is 3.34. The summed E-state index contributed by atoms with van der Waals surface area (Å²) in [7, 11) is 3.36. The van der Waals surface area contributed by atoms with Crippen LogP contribution in [0.25, 0.3) is 6.08 Å². The first-order valence-electron chi connectivity index (χ1n) is 10.5. The average molecular weight is 414 g/mol. The topological polar surface area (TPSA) is 47.0 Å². The maximum absolute atomic E-state index is 5.35. The second-order valence-corrected chi connectivity index (χ2v) is 7.40. The number of allylic oxidation sites excluding steroid dienone is 1. The van der Waals surface area contributed by atoms with Crippen molar-refractivity contribution in [2.75, 3.05) is 19.2 Å². The van der Waals surface area contributed by atoms with Gasteiger partial charge in [-0.3, -0.25) is 0 Å². The van der Waals surface area contributed by atoms with Crippen LogP contribution < -0.4 is 14.5 Å². The Bertz CT molecular complexity index is 1040. The molecule has 2 atom stereocenters. The van der Waals surface area contributed by atoms with Crippen LogP contribution in [0, 0.1) is 5.92 Å². The van der Waals surface area contributed by atoms with Crippen LogP contribution in [-0.2, 0) is 0 Å². The van der Waals surface area contributed by atoms with E-state index in [1.807, 2.05) is 65.8 Å². The predicted molar refractivity (Wildman–Crippen MR) is 126 cm³/mol. The van der Waals surface area contributed by atoms with Gasteiger partial charge in [0.25, 0.3) is 0 Å². The zero-order valence-corrected chi connectivity index (χ0v) is 18.1. The first kappa shape index (κ1) is 20.7. The Kier molecular flexibility index (Phi) is 6.32. The number of anilines is 1. The van der Waals surface area contributed by atoms with Gasteiger partial charge in [0.15, 0.2) is 0 Å². The van der Waals surface area contributed by atoms with Crippen molar-refractivity contribution in [3.8, 4) is 11.5 Å². The van der Waals surface area contributed by atoms with Gasteiger partial charge in [0.1, 0.15) is 17.3 Å². The van der Waals surface area contributed by atoms with Gasteiger partial charge in [0.2, 0.25) is 0 Å². The molecule has 0 saturated carbocycles. The van der Waals surface area contributed by atoms with E-state index < -0.39 is 0 Å². The summed E-state index contributed by atoms with van der Waals surface area (Å²) in [6, 6.07) is 22.3. The molecule has 0 bridgehead atoms. The Labute approximate surface area is 183 Å². The van der Waals surface area contributed by atoms with Crippen molar-refractivity contribution in [3.63, 3.8) is 0 Å². The fourth-order valence-corrected chi connectivity index (χ4v) is 3.94. The van der Waals surface area contributed by atoms with Crippen molar-refractivity contribution in [2.45, 2.75) is 19.4 Å². The fourth-order valence-electron chi connectivity index (χ4n) is 3.94. The molecule has 0 aliphatic carbocycles. The van der Waals surface area contributed by atoms with Crippen molar-refractivity contribution >= 4 is 17.6 Å². The monoisotopic (exact) mass is 413 g/mol. The number of benzene rings is 2. The van der Waals surface area contributed by atoms with Crippen LogP contribution in [0.1, 0.15) is 30.5 Å². The summed E-state index contributed by atoms with van der Waals surface area (Å²) in [6.45, 7) is 2.21. The zero-order valence-electron chi connectivity index (χ0n) is 18.1. The quantitative estimate of drug-likeness (QED) is 0.494. The minimum atomic E-state index is 0.0707. The highest BCUT2D eigenvalue weighted by molar-refractivity contribution is 6.02. The van der Waals surface area contributed by atoms with E-state index in [0.717, 1.165) is 35.0 Å². The maximum Gasteiger partial charge on any atom is 0.149 e. The SMILES string of the molecule is CCC1C(C=Cc2ccc(OC)cc2)=NN(c2ccccn2)C1c1ccc(OC)cc1. The van der Waals surface area contributed by atoms with Crippen molar-refractivity contribution in [1.82, 2.24) is 4.98 Å². The van der Waals surface area contributed by atoms with Gasteiger partial charge in [-0.15, -0.1) is 0 Å². The molecule has 2 heterocycles. The van der Waals surface area contributed by atoms with Gasteiger partial charge in [-0.1, -0.05) is 43.3 Å². The van der Waals surface area contributed by atoms with E-state index in [4.69, 9.17) is 14.6 Å². The average Bonchev–Trinajstić information content (AvgIpc) is 3.22. The second-order valence-electron chi connectivity index (χ2n) is 7.40. The van der Waals surface area contributed by atoms with Gasteiger partial charge in [-0.2, -0.15) is 5.10 Å². The van der Waals surface area contributed by atoms with Gasteiger partial charge in [-0.25, -0.2) is 9.99 Å². The van der Waals surface area contributed by atoms with Crippen LogP contribution in [-0.4, -0.2) is 24.9 Å². The van der Waals surface area contributed by atoms with Gasteiger partial charge in [0.05, 0.1) is 26.0 Å². The van der Waals surface area contributed by atoms with Gasteiger partial charge >= 0.3 is 0 Å². The van der Waals surface area contributed by atoms with Crippen LogP contribution in [0.4, 0.5) is 5.82 Å². The Morgan fingerprint density at radius 3 is 2.13 bits per heavy atom. The molecule has 1 aliphatic rings. The molecule has 2 aromatic carbocycles. The Balaban J connectivity index is 1.69. The lowest BCUT2D eigenvalue weighted by molar-refractivity contribution is 0.414. The number of nitrogens with zero attached hydrogens (tertiary/aromatic N) is 3. The van der Waals surface area contributed by atoms with Crippen LogP contribution in [0.3, 0.4) is 0 Å². The van der Waals surface area contributed by atoms with Crippen molar-refractivity contribution in [1.29, 1.82) is 0 Å². The molecule has 0 fully saturated rings. The molecule has 0 radical (unpaired) electrons. The largest absolute Gasteiger partial charge is 0.497 e. The number of aromatic nitrogens is 1. The minimum absolute atomic E-state index is 0.0707. The predicted octanol–water partition coefficient (Wildman–Crippen LogP) is 5.76. The van der Waals surface area contributed by atoms with E-state index in [2.05, 4.69) is 36.2 Å². The van der Waals surface area contributed by atoms with E-state index in [9.17, 15) is 0 Å². The molecule has 31 heavy (non-hydrogen) atoms. The number of rotatable bonds is 7. The third-order valence-electron chi connectivity index (χ3n) is 5.59. The molecule has 5 nitrogen and oxygen atoms in total. The van der Waals surface area contributed by atoms with Gasteiger partial charge in [-0.05, 0) is 60.0 Å². The number of hydrogen-bond donors (Lipinski definition) is 0. The minimum Gasteiger partial charge on any atom is -0.497 e. The second kappa shape index (κ2) is 9.47. The first-order valence-corrected chi connectivity index (χ1v) is 10.5. The van der Waals surface area contributed by atoms with E-state index in [0.29, 0.717) is 0 Å². The van der Waals surface area contributed by atoms with Crippen molar-refractivity contribution < 1.29 is 9.47 Å². The molecule has 0 spiro atoms. The molecule has 0 amide bonds. The van der Waals surface area contributed by atoms with Crippen LogP contribution in [0.2, 0.25) is 0 Å². The first-order chi connectivity index (χ1) is 15.2. The number of hydrogen-bond acceptors (Lipinski definition) is 5. The van der Waals surface area contributed by atoms with E-state index in [1.165, 1.54) is 5.56 Å². The summed E-state index contributed by atoms with van der Waals surface area (Å²) in [6.07, 6.45) is 7.00. The number of pyridine rings is 1. The van der Waals surface area contributed by atoms with E-state index in [-0.39, 0.29) is 12.0 Å². The normalized spacial score (nSPS) is 18.3. The molecule has 4 rings (SSSR count).